The highest BCUT2D eigenvalue weighted by Crippen LogP contribution is 2.43. The number of aromatic hydroxyl groups is 2. The van der Waals surface area contributed by atoms with Gasteiger partial charge in [0, 0.05) is 22.4 Å². The lowest BCUT2D eigenvalue weighted by molar-refractivity contribution is -0.150. The molecule has 0 bridgehead atoms. The molecule has 0 unspecified atom stereocenters. The topological polar surface area (TPSA) is 239 Å². The van der Waals surface area contributed by atoms with Gasteiger partial charge in [0.1, 0.15) is 35.0 Å². The second-order valence-corrected chi connectivity index (χ2v) is 21.4. The molecule has 2 amide bonds. The SMILES string of the molecule is O=C(O)C1=C(CSc2nnc(-c3ccc(O)c(O)c3)o2)CS[C@@H]2[C@H](NC(=O)C(=NOCc3cccc(C(=O)OC(c4ccccc4)c4ccccc4)c3)c3csc(NC(c4ccccc4)(c4ccccc4)c4ccccc4)n3)C(=O)N12. The number of amides is 2. The van der Waals surface area contributed by atoms with Crippen LogP contribution in [0.1, 0.15) is 55.5 Å². The van der Waals surface area contributed by atoms with Crippen LogP contribution in [0.4, 0.5) is 5.13 Å². The fourth-order valence-corrected chi connectivity index (χ4v) is 12.5. The molecule has 2 aliphatic heterocycles. The molecule has 9 aromatic rings. The average molecular weight is 1130 g/mol. The number of carbonyl (C=O) groups is 4. The zero-order chi connectivity index (χ0) is 55.9. The Hall–Kier alpha value is -9.50. The second kappa shape index (κ2) is 23.8. The van der Waals surface area contributed by atoms with Gasteiger partial charge in [-0.2, -0.15) is 0 Å². The molecule has 2 aromatic heterocycles. The molecule has 20 heteroatoms. The van der Waals surface area contributed by atoms with Crippen LogP contribution in [-0.4, -0.2) is 87.8 Å². The molecule has 11 rings (SSSR count). The number of carbonyl (C=O) groups excluding carboxylic acids is 3. The number of oxime groups is 1. The van der Waals surface area contributed by atoms with E-state index in [-0.39, 0.29) is 63.4 Å². The number of fused-ring (bicyclic) bond motifs is 1. The number of nitrogens with one attached hydrogen (secondary N) is 2. The van der Waals surface area contributed by atoms with Crippen LogP contribution in [0.25, 0.3) is 11.5 Å². The number of phenols is 2. The molecule has 7 aromatic carbocycles. The maximum absolute atomic E-state index is 14.7. The number of β-lactam (4-membered cyclic amide) rings is 1. The number of esters is 1. The van der Waals surface area contributed by atoms with Gasteiger partial charge in [-0.15, -0.1) is 33.3 Å². The number of ether oxygens (including phenoxy) is 1. The lowest BCUT2D eigenvalue weighted by Crippen LogP contribution is -2.71. The number of carboxylic acid groups (broad SMARTS) is 1. The number of carboxylic acids is 1. The van der Waals surface area contributed by atoms with Crippen LogP contribution < -0.4 is 10.6 Å². The van der Waals surface area contributed by atoms with Gasteiger partial charge in [-0.3, -0.25) is 14.5 Å². The van der Waals surface area contributed by atoms with Gasteiger partial charge in [-0.1, -0.05) is 181 Å². The summed E-state index contributed by atoms with van der Waals surface area (Å²) < 4.78 is 11.9. The van der Waals surface area contributed by atoms with Crippen LogP contribution >= 0.6 is 34.9 Å². The van der Waals surface area contributed by atoms with Gasteiger partial charge < -0.3 is 39.9 Å². The van der Waals surface area contributed by atoms with Gasteiger partial charge in [0.05, 0.1) is 5.56 Å². The van der Waals surface area contributed by atoms with Crippen LogP contribution in [0.5, 0.6) is 11.5 Å². The molecule has 2 aliphatic rings. The molecule has 1 fully saturated rings. The first kappa shape index (κ1) is 53.5. The zero-order valence-electron chi connectivity index (χ0n) is 42.6. The number of anilines is 1. The van der Waals surface area contributed by atoms with E-state index in [0.29, 0.717) is 21.8 Å². The van der Waals surface area contributed by atoms with Crippen molar-refractivity contribution < 1.29 is 48.5 Å². The summed E-state index contributed by atoms with van der Waals surface area (Å²) in [5.74, 6) is -3.73. The fourth-order valence-electron chi connectivity index (χ4n) is 9.50. The summed E-state index contributed by atoms with van der Waals surface area (Å²) in [5.41, 5.74) is 4.56. The highest BCUT2D eigenvalue weighted by Gasteiger charge is 2.54. The van der Waals surface area contributed by atoms with Gasteiger partial charge in [0.2, 0.25) is 5.89 Å². The maximum Gasteiger partial charge on any atom is 0.352 e. The molecule has 0 radical (unpaired) electrons. The summed E-state index contributed by atoms with van der Waals surface area (Å²) in [7, 11) is 0. The van der Waals surface area contributed by atoms with Crippen molar-refractivity contribution in [1.29, 1.82) is 0 Å². The van der Waals surface area contributed by atoms with Gasteiger partial charge in [0.15, 0.2) is 28.4 Å². The number of hydrogen-bond donors (Lipinski definition) is 5. The van der Waals surface area contributed by atoms with Crippen LogP contribution in [0, 0.1) is 0 Å². The quantitative estimate of drug-likeness (QED) is 0.00907. The van der Waals surface area contributed by atoms with Crippen LogP contribution in [0.15, 0.2) is 226 Å². The number of aliphatic carboxylic acids is 1. The Kier molecular flexibility index (Phi) is 15.8. The Morgan fingerprint density at radius 3 is 1.99 bits per heavy atom. The highest BCUT2D eigenvalue weighted by molar-refractivity contribution is 8.01. The average Bonchev–Trinajstić information content (AvgIpc) is 4.20. The van der Waals surface area contributed by atoms with E-state index in [0.717, 1.165) is 44.5 Å². The van der Waals surface area contributed by atoms with Gasteiger partial charge >= 0.3 is 11.9 Å². The van der Waals surface area contributed by atoms with Crippen molar-refractivity contribution in [3.05, 3.63) is 255 Å². The number of aromatic nitrogens is 3. The molecule has 2 atom stereocenters. The van der Waals surface area contributed by atoms with Gasteiger partial charge in [-0.05, 0) is 69.3 Å². The fraction of sp³-hybridized carbons (Fsp3) is 0.115. The van der Waals surface area contributed by atoms with E-state index in [4.69, 9.17) is 19.0 Å². The number of nitrogens with zero attached hydrogens (tertiary/aromatic N) is 5. The minimum atomic E-state index is -1.33. The molecule has 4 heterocycles. The number of hydrogen-bond acceptors (Lipinski definition) is 17. The number of thioether (sulfide) groups is 2. The van der Waals surface area contributed by atoms with E-state index in [1.165, 1.54) is 41.3 Å². The van der Waals surface area contributed by atoms with Crippen molar-refractivity contribution in [3.8, 4) is 23.0 Å². The minimum Gasteiger partial charge on any atom is -0.504 e. The standard InChI is InChI=1S/C61H47N7O10S3/c69-47-30-29-40(32-48(47)70)54-65-66-60(78-54)81-35-42-34-79-56-50(55(72)68(56)51(42)57(73)74)63-53(71)49(67-76-33-37-17-16-22-41(31-37)58(75)77-52(38-18-6-1-7-19-38)39-20-8-2-9-21-39)46-36-80-59(62-46)64-61(43-23-10-3-11-24-43,44-25-12-4-13-26-44)45-27-14-5-15-28-45/h1-32,36,50,52,56,69-70H,33-35H2,(H,62,64)(H,63,71)(H,73,74)/t50-,56-/m1/s1. The predicted molar refractivity (Wildman–Crippen MR) is 306 cm³/mol. The first-order valence-corrected chi connectivity index (χ1v) is 28.2. The summed E-state index contributed by atoms with van der Waals surface area (Å²) >= 11 is 3.57. The third-order valence-electron chi connectivity index (χ3n) is 13.4. The van der Waals surface area contributed by atoms with Crippen molar-refractivity contribution in [1.82, 2.24) is 25.4 Å². The first-order valence-electron chi connectivity index (χ1n) is 25.2. The Morgan fingerprint density at radius 2 is 1.38 bits per heavy atom. The second-order valence-electron chi connectivity index (χ2n) is 18.5. The van der Waals surface area contributed by atoms with Crippen molar-refractivity contribution in [3.63, 3.8) is 0 Å². The molecule has 5 N–H and O–H groups in total. The van der Waals surface area contributed by atoms with Crippen molar-refractivity contribution >= 4 is 69.5 Å². The van der Waals surface area contributed by atoms with Crippen LogP contribution in [0.3, 0.4) is 0 Å². The molecule has 81 heavy (non-hydrogen) atoms. The van der Waals surface area contributed by atoms with E-state index in [9.17, 15) is 34.5 Å². The summed E-state index contributed by atoms with van der Waals surface area (Å²) in [6.45, 7) is -0.194. The Balaban J connectivity index is 0.860. The van der Waals surface area contributed by atoms with Crippen molar-refractivity contribution in [2.24, 2.45) is 5.16 Å². The predicted octanol–water partition coefficient (Wildman–Crippen LogP) is 10.4. The van der Waals surface area contributed by atoms with E-state index in [2.05, 4.69) is 26.0 Å². The first-order chi connectivity index (χ1) is 39.5. The van der Waals surface area contributed by atoms with E-state index in [1.807, 2.05) is 152 Å². The van der Waals surface area contributed by atoms with E-state index < -0.39 is 46.8 Å². The number of rotatable bonds is 20. The number of phenolic OH excluding ortho intramolecular Hbond substituents is 2. The Labute approximate surface area is 476 Å². The molecule has 1 saturated heterocycles. The Morgan fingerprint density at radius 1 is 0.765 bits per heavy atom. The largest absolute Gasteiger partial charge is 0.504 e. The Bertz CT molecular complexity index is 3680. The molecule has 0 saturated carbocycles. The monoisotopic (exact) mass is 1130 g/mol. The highest BCUT2D eigenvalue weighted by atomic mass is 32.2. The summed E-state index contributed by atoms with van der Waals surface area (Å²) in [4.78, 5) is 67.6. The molecule has 404 valence electrons. The third-order valence-corrected chi connectivity index (χ3v) is 16.4. The number of benzene rings is 7. The van der Waals surface area contributed by atoms with E-state index >= 15 is 0 Å². The summed E-state index contributed by atoms with van der Waals surface area (Å²) in [6.07, 6.45) is -0.677. The van der Waals surface area contributed by atoms with Gasteiger partial charge in [0.25, 0.3) is 17.0 Å². The molecular weight excluding hydrogens is 1090 g/mol. The summed E-state index contributed by atoms with van der Waals surface area (Å²) in [5, 5.41) is 50.5. The smallest absolute Gasteiger partial charge is 0.352 e. The summed E-state index contributed by atoms with van der Waals surface area (Å²) in [6, 6.07) is 58.2. The van der Waals surface area contributed by atoms with Crippen molar-refractivity contribution in [2.75, 3.05) is 16.8 Å². The van der Waals surface area contributed by atoms with E-state index in [1.54, 1.807) is 29.6 Å². The van der Waals surface area contributed by atoms with Crippen molar-refractivity contribution in [2.45, 2.75) is 34.9 Å². The van der Waals surface area contributed by atoms with Crippen LogP contribution in [0.2, 0.25) is 0 Å². The molecule has 0 aliphatic carbocycles. The molecular formula is C61H47N7O10S3. The number of thiazole rings is 1. The normalized spacial score (nSPS) is 15.1. The molecule has 0 spiro atoms. The molecule has 17 nitrogen and oxygen atoms in total. The zero-order valence-corrected chi connectivity index (χ0v) is 45.0. The van der Waals surface area contributed by atoms with Crippen LogP contribution in [-0.2, 0) is 36.1 Å². The minimum absolute atomic E-state index is 0.0660. The lowest BCUT2D eigenvalue weighted by atomic mass is 9.77. The maximum atomic E-state index is 14.7. The van der Waals surface area contributed by atoms with Gasteiger partial charge in [-0.25, -0.2) is 14.6 Å². The third kappa shape index (κ3) is 11.4. The lowest BCUT2D eigenvalue weighted by Gasteiger charge is -2.49.